The molecule has 0 spiro atoms. The predicted molar refractivity (Wildman–Crippen MR) is 92.7 cm³/mol. The highest BCUT2D eigenvalue weighted by Crippen LogP contribution is 2.17. The Labute approximate surface area is 148 Å². The Morgan fingerprint density at radius 3 is 2.38 bits per heavy atom. The zero-order valence-electron chi connectivity index (χ0n) is 13.1. The van der Waals surface area contributed by atoms with Crippen molar-refractivity contribution in [2.45, 2.75) is 19.3 Å². The van der Waals surface area contributed by atoms with Gasteiger partial charge >= 0.3 is 12.0 Å². The number of hydrogen-bond acceptors (Lipinski definition) is 3. The van der Waals surface area contributed by atoms with E-state index in [0.29, 0.717) is 31.6 Å². The Kier molecular flexibility index (Phi) is 6.60. The lowest BCUT2D eigenvalue weighted by Crippen LogP contribution is -2.41. The number of likely N-dealkylation sites (tertiary alicyclic amines) is 1. The van der Waals surface area contributed by atoms with Gasteiger partial charge in [0.1, 0.15) is 0 Å². The van der Waals surface area contributed by atoms with Crippen molar-refractivity contribution in [1.29, 1.82) is 0 Å². The molecule has 1 saturated heterocycles. The minimum atomic E-state index is -0.798. The molecule has 0 saturated carbocycles. The van der Waals surface area contributed by atoms with Crippen LogP contribution < -0.4 is 10.6 Å². The number of nitrogens with zero attached hydrogens (tertiary/aromatic N) is 1. The maximum Gasteiger partial charge on any atom is 0.319 e. The lowest BCUT2D eigenvalue weighted by atomic mass is 9.97. The number of hydrogen-bond donors (Lipinski definition) is 3. The van der Waals surface area contributed by atoms with Gasteiger partial charge in [0.2, 0.25) is 5.91 Å². The maximum atomic E-state index is 12.1. The fourth-order valence-corrected chi connectivity index (χ4v) is 2.79. The second kappa shape index (κ2) is 8.68. The standard InChI is InChI=1S/C16H20BrN3O4/c17-12-1-3-13(4-2-12)19-16(24)18-8-5-14(21)20-9-6-11(7-10-20)15(22)23/h1-4,11H,5-10H2,(H,22,23)(H2,18,19,24). The van der Waals surface area contributed by atoms with Gasteiger partial charge in [-0.2, -0.15) is 0 Å². The first-order valence-corrected chi connectivity index (χ1v) is 8.56. The van der Waals surface area contributed by atoms with Gasteiger partial charge in [-0.1, -0.05) is 15.9 Å². The first-order chi connectivity index (χ1) is 11.5. The molecule has 1 aromatic carbocycles. The number of carbonyl (C=O) groups is 3. The molecular weight excluding hydrogens is 378 g/mol. The molecular formula is C16H20BrN3O4. The molecule has 0 unspecified atom stereocenters. The van der Waals surface area contributed by atoms with E-state index in [1.165, 1.54) is 0 Å². The molecule has 7 nitrogen and oxygen atoms in total. The van der Waals surface area contributed by atoms with Crippen LogP contribution in [0.5, 0.6) is 0 Å². The minimum Gasteiger partial charge on any atom is -0.481 e. The molecule has 2 rings (SSSR count). The van der Waals surface area contributed by atoms with E-state index in [4.69, 9.17) is 5.11 Å². The third kappa shape index (κ3) is 5.52. The number of carboxylic acid groups (broad SMARTS) is 1. The average molecular weight is 398 g/mol. The Balaban J connectivity index is 1.66. The number of carboxylic acids is 1. The van der Waals surface area contributed by atoms with Crippen LogP contribution >= 0.6 is 15.9 Å². The van der Waals surface area contributed by atoms with Crippen molar-refractivity contribution < 1.29 is 19.5 Å². The largest absolute Gasteiger partial charge is 0.481 e. The second-order valence-corrected chi connectivity index (χ2v) is 6.55. The first kappa shape index (κ1) is 18.3. The van der Waals surface area contributed by atoms with Gasteiger partial charge in [-0.3, -0.25) is 9.59 Å². The van der Waals surface area contributed by atoms with Gasteiger partial charge in [0.25, 0.3) is 0 Å². The van der Waals surface area contributed by atoms with Gasteiger partial charge in [-0.25, -0.2) is 4.79 Å². The van der Waals surface area contributed by atoms with E-state index in [2.05, 4.69) is 26.6 Å². The quantitative estimate of drug-likeness (QED) is 0.709. The van der Waals surface area contributed by atoms with Crippen LogP contribution in [0.4, 0.5) is 10.5 Å². The van der Waals surface area contributed by atoms with E-state index in [9.17, 15) is 14.4 Å². The first-order valence-electron chi connectivity index (χ1n) is 7.76. The van der Waals surface area contributed by atoms with Crippen LogP contribution in [0.25, 0.3) is 0 Å². The van der Waals surface area contributed by atoms with Crippen molar-refractivity contribution >= 4 is 39.5 Å². The summed E-state index contributed by atoms with van der Waals surface area (Å²) >= 11 is 3.32. The van der Waals surface area contributed by atoms with E-state index in [-0.39, 0.29) is 30.8 Å². The summed E-state index contributed by atoms with van der Waals surface area (Å²) in [5, 5.41) is 14.3. The zero-order chi connectivity index (χ0) is 17.5. The van der Waals surface area contributed by atoms with E-state index < -0.39 is 5.97 Å². The average Bonchev–Trinajstić information content (AvgIpc) is 2.57. The summed E-state index contributed by atoms with van der Waals surface area (Å²) in [6, 6.07) is 6.80. The molecule has 0 atom stereocenters. The van der Waals surface area contributed by atoms with Crippen LogP contribution in [0.15, 0.2) is 28.7 Å². The van der Waals surface area contributed by atoms with Crippen LogP contribution in [0.1, 0.15) is 19.3 Å². The SMILES string of the molecule is O=C(NCCC(=O)N1CCC(C(=O)O)CC1)Nc1ccc(Br)cc1. The molecule has 0 bridgehead atoms. The highest BCUT2D eigenvalue weighted by atomic mass is 79.9. The number of halogens is 1. The van der Waals surface area contributed by atoms with Crippen molar-refractivity contribution in [2.24, 2.45) is 5.92 Å². The number of nitrogens with one attached hydrogen (secondary N) is 2. The lowest BCUT2D eigenvalue weighted by molar-refractivity contribution is -0.145. The number of amides is 3. The molecule has 1 aliphatic rings. The molecule has 130 valence electrons. The normalized spacial score (nSPS) is 15.0. The van der Waals surface area contributed by atoms with Crippen molar-refractivity contribution in [2.75, 3.05) is 25.0 Å². The van der Waals surface area contributed by atoms with E-state index in [1.54, 1.807) is 17.0 Å². The predicted octanol–water partition coefficient (Wildman–Crippen LogP) is 2.28. The summed E-state index contributed by atoms with van der Waals surface area (Å²) in [5.74, 6) is -1.22. The summed E-state index contributed by atoms with van der Waals surface area (Å²) in [5.41, 5.74) is 0.665. The van der Waals surface area contributed by atoms with Crippen LogP contribution in [-0.2, 0) is 9.59 Å². The molecule has 0 radical (unpaired) electrons. The van der Waals surface area contributed by atoms with E-state index in [0.717, 1.165) is 4.47 Å². The molecule has 24 heavy (non-hydrogen) atoms. The number of rotatable bonds is 5. The van der Waals surface area contributed by atoms with Crippen molar-refractivity contribution in [3.8, 4) is 0 Å². The van der Waals surface area contributed by atoms with E-state index >= 15 is 0 Å². The molecule has 1 aliphatic heterocycles. The van der Waals surface area contributed by atoms with Crippen molar-refractivity contribution in [3.63, 3.8) is 0 Å². The van der Waals surface area contributed by atoms with Crippen LogP contribution in [-0.4, -0.2) is 47.5 Å². The Morgan fingerprint density at radius 2 is 1.79 bits per heavy atom. The number of anilines is 1. The van der Waals surface area contributed by atoms with Gasteiger partial charge in [0, 0.05) is 36.2 Å². The van der Waals surface area contributed by atoms with Crippen LogP contribution in [0.2, 0.25) is 0 Å². The van der Waals surface area contributed by atoms with E-state index in [1.807, 2.05) is 12.1 Å². The molecule has 3 amide bonds. The number of carbonyl (C=O) groups excluding carboxylic acids is 2. The Morgan fingerprint density at radius 1 is 1.17 bits per heavy atom. The summed E-state index contributed by atoms with van der Waals surface area (Å²) in [6.07, 6.45) is 1.17. The molecule has 0 aromatic heterocycles. The Hall–Kier alpha value is -2.09. The maximum absolute atomic E-state index is 12.1. The molecule has 1 aromatic rings. The van der Waals surface area contributed by atoms with Gasteiger partial charge < -0.3 is 20.6 Å². The smallest absolute Gasteiger partial charge is 0.319 e. The number of benzene rings is 1. The third-order valence-electron chi connectivity index (χ3n) is 3.92. The topological polar surface area (TPSA) is 98.7 Å². The van der Waals surface area contributed by atoms with Gasteiger partial charge in [-0.15, -0.1) is 0 Å². The zero-order valence-corrected chi connectivity index (χ0v) is 14.7. The van der Waals surface area contributed by atoms with Crippen LogP contribution in [0, 0.1) is 5.92 Å². The van der Waals surface area contributed by atoms with Gasteiger partial charge in [0.15, 0.2) is 0 Å². The molecule has 1 fully saturated rings. The summed E-state index contributed by atoms with van der Waals surface area (Å²) < 4.78 is 0.922. The lowest BCUT2D eigenvalue weighted by Gasteiger charge is -2.30. The molecule has 3 N–H and O–H groups in total. The number of urea groups is 1. The van der Waals surface area contributed by atoms with Crippen molar-refractivity contribution in [1.82, 2.24) is 10.2 Å². The van der Waals surface area contributed by atoms with Gasteiger partial charge in [-0.05, 0) is 37.1 Å². The highest BCUT2D eigenvalue weighted by Gasteiger charge is 2.26. The third-order valence-corrected chi connectivity index (χ3v) is 4.45. The summed E-state index contributed by atoms with van der Waals surface area (Å²) in [6.45, 7) is 1.15. The fourth-order valence-electron chi connectivity index (χ4n) is 2.53. The fraction of sp³-hybridized carbons (Fsp3) is 0.438. The number of piperidine rings is 1. The molecule has 1 heterocycles. The molecule has 8 heteroatoms. The van der Waals surface area contributed by atoms with Gasteiger partial charge in [0.05, 0.1) is 5.92 Å². The molecule has 0 aliphatic carbocycles. The second-order valence-electron chi connectivity index (χ2n) is 5.63. The summed E-state index contributed by atoms with van der Waals surface area (Å²) in [7, 11) is 0. The summed E-state index contributed by atoms with van der Waals surface area (Å²) in [4.78, 5) is 36.3. The Bertz CT molecular complexity index is 598. The monoisotopic (exact) mass is 397 g/mol. The minimum absolute atomic E-state index is 0.0669. The van der Waals surface area contributed by atoms with Crippen molar-refractivity contribution in [3.05, 3.63) is 28.7 Å². The van der Waals surface area contributed by atoms with Crippen LogP contribution in [0.3, 0.4) is 0 Å². The number of aliphatic carboxylic acids is 1. The highest BCUT2D eigenvalue weighted by molar-refractivity contribution is 9.10.